The number of H-pyrrole nitrogens is 2. The molecule has 3 aromatic heterocycles. The highest BCUT2D eigenvalue weighted by Crippen LogP contribution is 2.28. The SMILES string of the molecule is c1cc(-c2cnc([C@@H]3CCCN3)[nH]2)ccc1-c1ccc(-c2cnc([C@@H]3CCCN3)[nH]2)nc1. The molecule has 0 unspecified atom stereocenters. The first kappa shape index (κ1) is 19.4. The molecule has 5 heterocycles. The van der Waals surface area contributed by atoms with Crippen LogP contribution in [-0.4, -0.2) is 38.0 Å². The maximum absolute atomic E-state index is 4.68. The van der Waals surface area contributed by atoms with Gasteiger partial charge in [-0.15, -0.1) is 0 Å². The summed E-state index contributed by atoms with van der Waals surface area (Å²) in [4.78, 5) is 20.7. The van der Waals surface area contributed by atoms with Crippen molar-refractivity contribution in [1.82, 2.24) is 35.6 Å². The molecule has 162 valence electrons. The van der Waals surface area contributed by atoms with Crippen LogP contribution in [0.3, 0.4) is 0 Å². The number of aromatic nitrogens is 5. The lowest BCUT2D eigenvalue weighted by atomic mass is 10.0. The van der Waals surface area contributed by atoms with Crippen LogP contribution in [0.2, 0.25) is 0 Å². The number of rotatable bonds is 5. The highest BCUT2D eigenvalue weighted by atomic mass is 15.0. The Hall–Kier alpha value is -3.29. The first-order chi connectivity index (χ1) is 15.8. The molecular formula is C25H27N7. The van der Waals surface area contributed by atoms with Gasteiger partial charge in [0.05, 0.1) is 41.6 Å². The zero-order chi connectivity index (χ0) is 21.3. The molecule has 2 aliphatic heterocycles. The van der Waals surface area contributed by atoms with Crippen LogP contribution in [0.25, 0.3) is 33.8 Å². The Kier molecular flexibility index (Phi) is 5.05. The molecule has 0 saturated carbocycles. The maximum atomic E-state index is 4.68. The molecule has 0 amide bonds. The van der Waals surface area contributed by atoms with Crippen molar-refractivity contribution in [3.05, 3.63) is 66.6 Å². The van der Waals surface area contributed by atoms with Gasteiger partial charge in [-0.3, -0.25) is 4.98 Å². The number of benzene rings is 1. The van der Waals surface area contributed by atoms with Gasteiger partial charge in [0.15, 0.2) is 0 Å². The van der Waals surface area contributed by atoms with E-state index < -0.39 is 0 Å². The first-order valence-corrected chi connectivity index (χ1v) is 11.5. The topological polar surface area (TPSA) is 94.3 Å². The summed E-state index contributed by atoms with van der Waals surface area (Å²) in [7, 11) is 0. The summed E-state index contributed by atoms with van der Waals surface area (Å²) in [6, 6.07) is 13.4. The van der Waals surface area contributed by atoms with Crippen molar-refractivity contribution in [2.75, 3.05) is 13.1 Å². The van der Waals surface area contributed by atoms with Crippen LogP contribution in [-0.2, 0) is 0 Å². The second-order valence-corrected chi connectivity index (χ2v) is 8.67. The lowest BCUT2D eigenvalue weighted by Gasteiger charge is -2.07. The van der Waals surface area contributed by atoms with Gasteiger partial charge in [0.2, 0.25) is 0 Å². The molecule has 2 fully saturated rings. The van der Waals surface area contributed by atoms with Crippen LogP contribution in [0.1, 0.15) is 49.4 Å². The van der Waals surface area contributed by atoms with E-state index in [9.17, 15) is 0 Å². The van der Waals surface area contributed by atoms with E-state index >= 15 is 0 Å². The van der Waals surface area contributed by atoms with Crippen LogP contribution in [0, 0.1) is 0 Å². The molecule has 2 saturated heterocycles. The summed E-state index contributed by atoms with van der Waals surface area (Å²) >= 11 is 0. The molecule has 4 aromatic rings. The smallest absolute Gasteiger partial charge is 0.123 e. The third-order valence-electron chi connectivity index (χ3n) is 6.54. The Bertz CT molecular complexity index is 1080. The molecule has 0 spiro atoms. The first-order valence-electron chi connectivity index (χ1n) is 11.5. The Balaban J connectivity index is 1.17. The number of aromatic amines is 2. The molecule has 2 aliphatic rings. The quantitative estimate of drug-likeness (QED) is 0.381. The number of hydrogen-bond donors (Lipinski definition) is 4. The Labute approximate surface area is 187 Å². The van der Waals surface area contributed by atoms with Gasteiger partial charge in [0, 0.05) is 11.8 Å². The van der Waals surface area contributed by atoms with Gasteiger partial charge in [-0.05, 0) is 56.0 Å². The molecule has 6 rings (SSSR count). The van der Waals surface area contributed by atoms with Gasteiger partial charge in [-0.25, -0.2) is 9.97 Å². The minimum absolute atomic E-state index is 0.335. The lowest BCUT2D eigenvalue weighted by Crippen LogP contribution is -2.14. The fraction of sp³-hybridized carbons (Fsp3) is 0.320. The molecule has 32 heavy (non-hydrogen) atoms. The van der Waals surface area contributed by atoms with Gasteiger partial charge < -0.3 is 20.6 Å². The number of nitrogens with zero attached hydrogens (tertiary/aromatic N) is 3. The molecule has 2 atom stereocenters. The van der Waals surface area contributed by atoms with E-state index in [1.54, 1.807) is 0 Å². The largest absolute Gasteiger partial charge is 0.341 e. The van der Waals surface area contributed by atoms with E-state index in [1.165, 1.54) is 12.8 Å². The normalized spacial score (nSPS) is 20.8. The molecule has 0 bridgehead atoms. The molecular weight excluding hydrogens is 398 g/mol. The standard InChI is InChI=1S/C25H27N7/c1-3-20(26-11-1)24-29-14-22(31-24)17-7-5-16(6-8-17)18-9-10-19(28-13-18)23-15-30-25(32-23)21-4-2-12-27-21/h5-10,13-15,20-21,26-27H,1-4,11-12H2,(H,29,31)(H,30,32)/t20-,21-/m0/s1. The predicted molar refractivity (Wildman–Crippen MR) is 125 cm³/mol. The monoisotopic (exact) mass is 425 g/mol. The van der Waals surface area contributed by atoms with Crippen molar-refractivity contribution < 1.29 is 0 Å². The zero-order valence-electron chi connectivity index (χ0n) is 17.9. The van der Waals surface area contributed by atoms with Gasteiger partial charge >= 0.3 is 0 Å². The molecule has 0 aliphatic carbocycles. The maximum Gasteiger partial charge on any atom is 0.123 e. The highest BCUT2D eigenvalue weighted by Gasteiger charge is 2.20. The fourth-order valence-corrected chi connectivity index (χ4v) is 4.71. The summed E-state index contributed by atoms with van der Waals surface area (Å²) in [6.07, 6.45) is 10.4. The Morgan fingerprint density at radius 3 is 1.78 bits per heavy atom. The van der Waals surface area contributed by atoms with Crippen LogP contribution < -0.4 is 10.6 Å². The summed E-state index contributed by atoms with van der Waals surface area (Å²) in [6.45, 7) is 2.13. The second kappa shape index (κ2) is 8.33. The average Bonchev–Trinajstić information content (AvgIpc) is 3.66. The average molecular weight is 426 g/mol. The van der Waals surface area contributed by atoms with E-state index in [2.05, 4.69) is 72.0 Å². The van der Waals surface area contributed by atoms with Crippen molar-refractivity contribution in [2.24, 2.45) is 0 Å². The van der Waals surface area contributed by atoms with Crippen LogP contribution in [0.15, 0.2) is 55.0 Å². The van der Waals surface area contributed by atoms with E-state index in [1.807, 2.05) is 18.6 Å². The van der Waals surface area contributed by atoms with Gasteiger partial charge in [0.25, 0.3) is 0 Å². The van der Waals surface area contributed by atoms with Crippen molar-refractivity contribution in [1.29, 1.82) is 0 Å². The predicted octanol–water partition coefficient (Wildman–Crippen LogP) is 4.38. The molecule has 1 aromatic carbocycles. The van der Waals surface area contributed by atoms with Crippen molar-refractivity contribution >= 4 is 0 Å². The summed E-state index contributed by atoms with van der Waals surface area (Å²) in [5.74, 6) is 2.04. The molecule has 7 heteroatoms. The molecule has 7 nitrogen and oxygen atoms in total. The fourth-order valence-electron chi connectivity index (χ4n) is 4.71. The number of hydrogen-bond acceptors (Lipinski definition) is 5. The van der Waals surface area contributed by atoms with Crippen LogP contribution in [0.5, 0.6) is 0 Å². The lowest BCUT2D eigenvalue weighted by molar-refractivity contribution is 0.613. The highest BCUT2D eigenvalue weighted by molar-refractivity contribution is 5.69. The van der Waals surface area contributed by atoms with Gasteiger partial charge in [-0.2, -0.15) is 0 Å². The van der Waals surface area contributed by atoms with E-state index in [0.29, 0.717) is 12.1 Å². The molecule has 0 radical (unpaired) electrons. The second-order valence-electron chi connectivity index (χ2n) is 8.67. The Morgan fingerprint density at radius 2 is 1.19 bits per heavy atom. The van der Waals surface area contributed by atoms with Crippen molar-refractivity contribution in [3.8, 4) is 33.8 Å². The number of pyridine rings is 1. The third-order valence-corrected chi connectivity index (χ3v) is 6.54. The Morgan fingerprint density at radius 1 is 0.594 bits per heavy atom. The summed E-state index contributed by atoms with van der Waals surface area (Å²) < 4.78 is 0. The summed E-state index contributed by atoms with van der Waals surface area (Å²) in [5.41, 5.74) is 6.31. The number of nitrogens with one attached hydrogen (secondary N) is 4. The van der Waals surface area contributed by atoms with Crippen molar-refractivity contribution in [2.45, 2.75) is 37.8 Å². The third kappa shape index (κ3) is 3.74. The minimum atomic E-state index is 0.335. The van der Waals surface area contributed by atoms with Crippen molar-refractivity contribution in [3.63, 3.8) is 0 Å². The van der Waals surface area contributed by atoms with Gasteiger partial charge in [0.1, 0.15) is 11.6 Å². The van der Waals surface area contributed by atoms with Crippen LogP contribution in [0.4, 0.5) is 0 Å². The molecule has 4 N–H and O–H groups in total. The number of imidazole rings is 2. The van der Waals surface area contributed by atoms with Crippen LogP contribution >= 0.6 is 0 Å². The van der Waals surface area contributed by atoms with E-state index in [0.717, 1.165) is 71.4 Å². The minimum Gasteiger partial charge on any atom is -0.341 e. The zero-order valence-corrected chi connectivity index (χ0v) is 17.9. The summed E-state index contributed by atoms with van der Waals surface area (Å²) in [5, 5.41) is 6.97. The van der Waals surface area contributed by atoms with Gasteiger partial charge in [-0.1, -0.05) is 30.3 Å². The van der Waals surface area contributed by atoms with E-state index in [-0.39, 0.29) is 0 Å². The van der Waals surface area contributed by atoms with E-state index in [4.69, 9.17) is 0 Å².